The van der Waals surface area contributed by atoms with Gasteiger partial charge in [0.2, 0.25) is 0 Å². The van der Waals surface area contributed by atoms with E-state index in [1.54, 1.807) is 24.3 Å². The molecule has 0 amide bonds. The summed E-state index contributed by atoms with van der Waals surface area (Å²) in [6, 6.07) is 18.2. The Morgan fingerprint density at radius 2 is 1.69 bits per heavy atom. The van der Waals surface area contributed by atoms with Crippen molar-refractivity contribution in [3.63, 3.8) is 0 Å². The second-order valence-corrected chi connectivity index (χ2v) is 7.88. The van der Waals surface area contributed by atoms with Crippen LogP contribution in [0.4, 0.5) is 0 Å². The third-order valence-corrected chi connectivity index (χ3v) is 5.54. The number of carboxylic acid groups (broad SMARTS) is 1. The summed E-state index contributed by atoms with van der Waals surface area (Å²) in [7, 11) is 0. The molecule has 3 aromatic carbocycles. The Bertz CT molecular complexity index is 1430. The number of carboxylic acids is 1. The maximum absolute atomic E-state index is 13.0. The summed E-state index contributed by atoms with van der Waals surface area (Å²) < 4.78 is 5.67. The zero-order valence-electron chi connectivity index (χ0n) is 17.9. The van der Waals surface area contributed by atoms with Crippen LogP contribution in [0.5, 0.6) is 0 Å². The lowest BCUT2D eigenvalue weighted by Crippen LogP contribution is -2.09. The summed E-state index contributed by atoms with van der Waals surface area (Å²) >= 11 is 0. The van der Waals surface area contributed by atoms with E-state index in [1.807, 2.05) is 6.07 Å². The van der Waals surface area contributed by atoms with E-state index in [1.165, 1.54) is 29.5 Å². The molecular weight excluding hydrogens is 400 g/mol. The number of hydrogen-bond acceptors (Lipinski definition) is 3. The summed E-state index contributed by atoms with van der Waals surface area (Å²) in [5.74, 6) is 5.35. The third kappa shape index (κ3) is 4.63. The molecule has 0 aliphatic carbocycles. The molecule has 0 atom stereocenters. The van der Waals surface area contributed by atoms with Gasteiger partial charge in [0.15, 0.2) is 5.43 Å². The third-order valence-electron chi connectivity index (χ3n) is 5.54. The highest BCUT2D eigenvalue weighted by Crippen LogP contribution is 2.16. The average Bonchev–Trinajstić information content (AvgIpc) is 2.79. The van der Waals surface area contributed by atoms with E-state index in [0.717, 1.165) is 16.7 Å². The number of aromatic carboxylic acids is 1. The van der Waals surface area contributed by atoms with Crippen LogP contribution >= 0.6 is 0 Å². The van der Waals surface area contributed by atoms with Gasteiger partial charge in [0, 0.05) is 24.0 Å². The largest absolute Gasteiger partial charge is 0.478 e. The van der Waals surface area contributed by atoms with Crippen LogP contribution in [-0.2, 0) is 12.8 Å². The Morgan fingerprint density at radius 1 is 0.938 bits per heavy atom. The van der Waals surface area contributed by atoms with Crippen LogP contribution in [0.2, 0.25) is 0 Å². The molecule has 1 N–H and O–H groups in total. The first-order valence-electron chi connectivity index (χ1n) is 10.3. The fourth-order valence-corrected chi connectivity index (χ4v) is 3.52. The Morgan fingerprint density at radius 3 is 2.41 bits per heavy atom. The van der Waals surface area contributed by atoms with Crippen LogP contribution in [0.1, 0.15) is 43.7 Å². The van der Waals surface area contributed by atoms with Gasteiger partial charge in [0.1, 0.15) is 5.58 Å². The van der Waals surface area contributed by atoms with Crippen LogP contribution in [0.25, 0.3) is 11.0 Å². The quantitative estimate of drug-likeness (QED) is 0.454. The van der Waals surface area contributed by atoms with Gasteiger partial charge in [-0.25, -0.2) is 4.79 Å². The molecule has 0 bridgehead atoms. The van der Waals surface area contributed by atoms with Crippen LogP contribution in [0.3, 0.4) is 0 Å². The lowest BCUT2D eigenvalue weighted by molar-refractivity contribution is 0.0697. The van der Waals surface area contributed by atoms with Crippen molar-refractivity contribution < 1.29 is 14.3 Å². The number of carbonyl (C=O) groups is 1. The van der Waals surface area contributed by atoms with E-state index in [-0.39, 0.29) is 11.0 Å². The van der Waals surface area contributed by atoms with Crippen molar-refractivity contribution in [2.75, 3.05) is 0 Å². The maximum atomic E-state index is 13.0. The van der Waals surface area contributed by atoms with Gasteiger partial charge in [-0.05, 0) is 66.4 Å². The molecule has 0 radical (unpaired) electrons. The average molecular weight is 422 g/mol. The van der Waals surface area contributed by atoms with Gasteiger partial charge in [-0.1, -0.05) is 42.2 Å². The zero-order chi connectivity index (χ0) is 22.7. The SMILES string of the molecule is Cc1ccc(CC#Cc2ccc3occ(Cc4ccc(C(=O)O)cc4)c(=O)c3c2)cc1C. The smallest absolute Gasteiger partial charge is 0.335 e. The highest BCUT2D eigenvalue weighted by molar-refractivity contribution is 5.87. The minimum atomic E-state index is -0.979. The number of fused-ring (bicyclic) bond motifs is 1. The number of benzene rings is 3. The van der Waals surface area contributed by atoms with E-state index in [2.05, 4.69) is 43.9 Å². The molecule has 0 saturated carbocycles. The van der Waals surface area contributed by atoms with E-state index in [0.29, 0.717) is 29.4 Å². The lowest BCUT2D eigenvalue weighted by atomic mass is 10.0. The van der Waals surface area contributed by atoms with Gasteiger partial charge in [-0.3, -0.25) is 4.79 Å². The minimum Gasteiger partial charge on any atom is -0.478 e. The van der Waals surface area contributed by atoms with Crippen LogP contribution < -0.4 is 5.43 Å². The summed E-state index contributed by atoms with van der Waals surface area (Å²) in [6.45, 7) is 4.18. The van der Waals surface area contributed by atoms with E-state index in [4.69, 9.17) is 9.52 Å². The summed E-state index contributed by atoms with van der Waals surface area (Å²) in [5, 5.41) is 9.52. The molecule has 4 nitrogen and oxygen atoms in total. The van der Waals surface area contributed by atoms with E-state index >= 15 is 0 Å². The molecule has 0 aliphatic rings. The van der Waals surface area contributed by atoms with Crippen molar-refractivity contribution in [1.82, 2.24) is 0 Å². The highest BCUT2D eigenvalue weighted by atomic mass is 16.4. The molecular formula is C28H22O4. The Balaban J connectivity index is 1.58. The van der Waals surface area contributed by atoms with Gasteiger partial charge in [-0.2, -0.15) is 0 Å². The summed E-state index contributed by atoms with van der Waals surface area (Å²) in [6.07, 6.45) is 2.47. The van der Waals surface area contributed by atoms with Crippen LogP contribution in [0, 0.1) is 25.7 Å². The molecule has 4 rings (SSSR count). The van der Waals surface area contributed by atoms with Gasteiger partial charge >= 0.3 is 5.97 Å². The van der Waals surface area contributed by atoms with Crippen molar-refractivity contribution in [1.29, 1.82) is 0 Å². The zero-order valence-corrected chi connectivity index (χ0v) is 17.9. The predicted molar refractivity (Wildman–Crippen MR) is 125 cm³/mol. The van der Waals surface area contributed by atoms with Crippen molar-refractivity contribution in [3.05, 3.63) is 116 Å². The first kappa shape index (κ1) is 21.1. The summed E-state index contributed by atoms with van der Waals surface area (Å²) in [4.78, 5) is 24.0. The molecule has 158 valence electrons. The highest BCUT2D eigenvalue weighted by Gasteiger charge is 2.09. The second kappa shape index (κ2) is 8.95. The standard InChI is InChI=1S/C28H22O4/c1-18-6-7-20(14-19(18)2)4-3-5-21-10-13-26-25(16-21)27(29)24(17-32-26)15-22-8-11-23(12-9-22)28(30)31/h6-14,16-17H,4,15H2,1-2H3,(H,30,31). The van der Waals surface area contributed by atoms with Crippen LogP contribution in [-0.4, -0.2) is 11.1 Å². The normalized spacial score (nSPS) is 10.6. The van der Waals surface area contributed by atoms with Crippen molar-refractivity contribution >= 4 is 16.9 Å². The number of rotatable bonds is 4. The lowest BCUT2D eigenvalue weighted by Gasteiger charge is -2.04. The van der Waals surface area contributed by atoms with Gasteiger partial charge in [0.25, 0.3) is 0 Å². The topological polar surface area (TPSA) is 67.5 Å². The number of aryl methyl sites for hydroxylation is 2. The van der Waals surface area contributed by atoms with Gasteiger partial charge in [-0.15, -0.1) is 0 Å². The van der Waals surface area contributed by atoms with Crippen molar-refractivity contribution in [2.24, 2.45) is 0 Å². The van der Waals surface area contributed by atoms with E-state index < -0.39 is 5.97 Å². The molecule has 4 heteroatoms. The number of hydrogen-bond donors (Lipinski definition) is 1. The Kier molecular flexibility index (Phi) is 5.91. The first-order valence-corrected chi connectivity index (χ1v) is 10.3. The second-order valence-electron chi connectivity index (χ2n) is 7.88. The van der Waals surface area contributed by atoms with Crippen molar-refractivity contribution in [3.8, 4) is 11.8 Å². The fourth-order valence-electron chi connectivity index (χ4n) is 3.52. The molecule has 0 spiro atoms. The summed E-state index contributed by atoms with van der Waals surface area (Å²) in [5.41, 5.74) is 6.41. The Hall–Kier alpha value is -4.10. The molecule has 0 saturated heterocycles. The predicted octanol–water partition coefficient (Wildman–Crippen LogP) is 5.29. The molecule has 32 heavy (non-hydrogen) atoms. The molecule has 0 aliphatic heterocycles. The van der Waals surface area contributed by atoms with Gasteiger partial charge < -0.3 is 9.52 Å². The van der Waals surface area contributed by atoms with Gasteiger partial charge in [0.05, 0.1) is 17.2 Å². The molecule has 0 fully saturated rings. The monoisotopic (exact) mass is 422 g/mol. The fraction of sp³-hybridized carbons (Fsp3) is 0.143. The molecule has 4 aromatic rings. The minimum absolute atomic E-state index is 0.105. The van der Waals surface area contributed by atoms with E-state index in [9.17, 15) is 9.59 Å². The Labute approximate surface area is 186 Å². The first-order chi connectivity index (χ1) is 15.4. The molecule has 0 unspecified atom stereocenters. The molecule has 1 heterocycles. The van der Waals surface area contributed by atoms with Crippen LogP contribution in [0.15, 0.2) is 76.1 Å². The maximum Gasteiger partial charge on any atom is 0.335 e. The van der Waals surface area contributed by atoms with Crippen molar-refractivity contribution in [2.45, 2.75) is 26.7 Å². The molecule has 1 aromatic heterocycles.